The summed E-state index contributed by atoms with van der Waals surface area (Å²) in [5, 5.41) is 15.9. The molecule has 0 aliphatic heterocycles. The Balaban J connectivity index is -0.0000000533. The molecule has 0 fully saturated rings. The molecule has 0 saturated heterocycles. The molecule has 0 aromatic heterocycles. The van der Waals surface area contributed by atoms with Crippen LogP contribution in [0.15, 0.2) is 0 Å². The Kier molecular flexibility index (Phi) is 46.5. The van der Waals surface area contributed by atoms with Gasteiger partial charge in [-0.25, -0.2) is 9.59 Å². The second-order valence-corrected chi connectivity index (χ2v) is 1.16. The quantitative estimate of drug-likeness (QED) is 0.287. The van der Waals surface area contributed by atoms with Gasteiger partial charge in [0.15, 0.2) is 0 Å². The molecule has 0 atom stereocenters. The standard InChI is InChI=1S/C4H6O5.4Na.4H/c5-1-2-9-4(8)3(6)7;;;;;;;;/h5H,1-2H2,(H,6,7);;;;;;;;. The van der Waals surface area contributed by atoms with Crippen LogP contribution in [0, 0.1) is 0 Å². The SMILES string of the molecule is O=C(O)C(=O)OCCO.[NaH].[NaH].[NaH].[NaH]. The van der Waals surface area contributed by atoms with Gasteiger partial charge >= 0.3 is 130 Å². The first-order valence-electron chi connectivity index (χ1n) is 2.19. The van der Waals surface area contributed by atoms with E-state index < -0.39 is 11.9 Å². The van der Waals surface area contributed by atoms with Crippen molar-refractivity contribution in [1.29, 1.82) is 0 Å². The van der Waals surface area contributed by atoms with Crippen LogP contribution in [0.5, 0.6) is 0 Å². The zero-order valence-corrected chi connectivity index (χ0v) is 4.53. The van der Waals surface area contributed by atoms with Gasteiger partial charge in [0.25, 0.3) is 0 Å². The van der Waals surface area contributed by atoms with Gasteiger partial charge in [0.05, 0.1) is 6.61 Å². The van der Waals surface area contributed by atoms with E-state index in [0.717, 1.165) is 0 Å². The molecule has 0 spiro atoms. The van der Waals surface area contributed by atoms with E-state index in [1.54, 1.807) is 0 Å². The molecule has 0 heterocycles. The van der Waals surface area contributed by atoms with Crippen molar-refractivity contribution in [1.82, 2.24) is 0 Å². The van der Waals surface area contributed by atoms with Crippen LogP contribution in [0.2, 0.25) is 0 Å². The summed E-state index contributed by atoms with van der Waals surface area (Å²) in [5.41, 5.74) is 0. The van der Waals surface area contributed by atoms with Crippen molar-refractivity contribution in [3.8, 4) is 0 Å². The van der Waals surface area contributed by atoms with Crippen molar-refractivity contribution < 1.29 is 24.5 Å². The summed E-state index contributed by atoms with van der Waals surface area (Å²) in [6.07, 6.45) is 0. The van der Waals surface area contributed by atoms with Crippen LogP contribution >= 0.6 is 0 Å². The van der Waals surface area contributed by atoms with Crippen LogP contribution in [-0.2, 0) is 14.3 Å². The van der Waals surface area contributed by atoms with Crippen LogP contribution < -0.4 is 0 Å². The Morgan fingerprint density at radius 2 is 1.46 bits per heavy atom. The van der Waals surface area contributed by atoms with Crippen LogP contribution in [0.1, 0.15) is 0 Å². The third-order valence-electron chi connectivity index (χ3n) is 0.499. The monoisotopic (exact) mass is 230 g/mol. The first kappa shape index (κ1) is 29.7. The second-order valence-electron chi connectivity index (χ2n) is 1.16. The molecule has 0 aromatic carbocycles. The molecule has 0 rings (SSSR count). The predicted octanol–water partition coefficient (Wildman–Crippen LogP) is -3.99. The number of carboxylic acid groups (broad SMARTS) is 1. The Bertz CT molecular complexity index is 130. The number of aliphatic carboxylic acids is 1. The number of hydrogen-bond donors (Lipinski definition) is 2. The maximum absolute atomic E-state index is 9.97. The molecule has 0 amide bonds. The minimum atomic E-state index is -1.65. The number of carbonyl (C=O) groups excluding carboxylic acids is 1. The molecule has 0 radical (unpaired) electrons. The number of carbonyl (C=O) groups is 2. The van der Waals surface area contributed by atoms with Crippen LogP contribution in [0.3, 0.4) is 0 Å². The summed E-state index contributed by atoms with van der Waals surface area (Å²) >= 11 is 0. The molecule has 0 unspecified atom stereocenters. The number of hydrogen-bond acceptors (Lipinski definition) is 4. The summed E-state index contributed by atoms with van der Waals surface area (Å²) in [6.45, 7) is -0.635. The van der Waals surface area contributed by atoms with Crippen molar-refractivity contribution in [2.75, 3.05) is 13.2 Å². The fourth-order valence-corrected chi connectivity index (χ4v) is 0.200. The molecule has 5 nitrogen and oxygen atoms in total. The topological polar surface area (TPSA) is 83.8 Å². The summed E-state index contributed by atoms with van der Waals surface area (Å²) < 4.78 is 3.96. The summed E-state index contributed by atoms with van der Waals surface area (Å²) in [5.74, 6) is -2.99. The van der Waals surface area contributed by atoms with Crippen LogP contribution in [-0.4, -0.2) is 154 Å². The summed E-state index contributed by atoms with van der Waals surface area (Å²) in [4.78, 5) is 19.6. The van der Waals surface area contributed by atoms with Gasteiger partial charge in [-0.05, 0) is 0 Å². The van der Waals surface area contributed by atoms with E-state index >= 15 is 0 Å². The van der Waals surface area contributed by atoms with Gasteiger partial charge in [-0.2, -0.15) is 0 Å². The third kappa shape index (κ3) is 20.9. The van der Waals surface area contributed by atoms with Gasteiger partial charge in [0, 0.05) is 0 Å². The van der Waals surface area contributed by atoms with E-state index in [9.17, 15) is 9.59 Å². The Labute approximate surface area is 165 Å². The normalized spacial score (nSPS) is 5.92. The van der Waals surface area contributed by atoms with Gasteiger partial charge in [-0.3, -0.25) is 0 Å². The Morgan fingerprint density at radius 3 is 1.69 bits per heavy atom. The van der Waals surface area contributed by atoms with Crippen molar-refractivity contribution >= 4 is 130 Å². The van der Waals surface area contributed by atoms with Gasteiger partial charge in [0.1, 0.15) is 6.61 Å². The van der Waals surface area contributed by atoms with Gasteiger partial charge in [0.2, 0.25) is 0 Å². The van der Waals surface area contributed by atoms with E-state index in [-0.39, 0.29) is 131 Å². The maximum atomic E-state index is 9.97. The number of aliphatic hydroxyl groups excluding tert-OH is 1. The summed E-state index contributed by atoms with van der Waals surface area (Å²) in [6, 6.07) is 0. The second kappa shape index (κ2) is 20.3. The molecular weight excluding hydrogens is 220 g/mol. The van der Waals surface area contributed by atoms with Crippen molar-refractivity contribution in [2.45, 2.75) is 0 Å². The Morgan fingerprint density at radius 1 is 1.08 bits per heavy atom. The number of carboxylic acids is 1. The molecule has 0 saturated carbocycles. The van der Waals surface area contributed by atoms with E-state index in [4.69, 9.17) is 10.2 Å². The van der Waals surface area contributed by atoms with Crippen molar-refractivity contribution in [2.24, 2.45) is 0 Å². The van der Waals surface area contributed by atoms with Crippen LogP contribution in [0.4, 0.5) is 0 Å². The number of esters is 1. The minimum absolute atomic E-state index is 0. The van der Waals surface area contributed by atoms with Crippen LogP contribution in [0.25, 0.3) is 0 Å². The fourth-order valence-electron chi connectivity index (χ4n) is 0.200. The summed E-state index contributed by atoms with van der Waals surface area (Å²) in [7, 11) is 0. The van der Waals surface area contributed by atoms with E-state index in [2.05, 4.69) is 4.74 Å². The average molecular weight is 230 g/mol. The Hall–Kier alpha value is 2.90. The number of ether oxygens (including phenoxy) is 1. The van der Waals surface area contributed by atoms with Gasteiger partial charge in [-0.15, -0.1) is 0 Å². The first-order chi connectivity index (χ1) is 4.18. The molecule has 0 aliphatic rings. The predicted molar refractivity (Wildman–Crippen MR) is 54.3 cm³/mol. The van der Waals surface area contributed by atoms with E-state index in [1.165, 1.54) is 0 Å². The first-order valence-corrected chi connectivity index (χ1v) is 2.19. The number of rotatable bonds is 2. The molecule has 60 valence electrons. The third-order valence-corrected chi connectivity index (χ3v) is 0.499. The van der Waals surface area contributed by atoms with Gasteiger partial charge in [-0.1, -0.05) is 0 Å². The number of aliphatic hydroxyl groups is 1. The molecule has 0 bridgehead atoms. The molecule has 9 heteroatoms. The molecule has 2 N–H and O–H groups in total. The molecule has 0 aromatic rings. The molecular formula is C4H10Na4O5. The van der Waals surface area contributed by atoms with Gasteiger partial charge < -0.3 is 14.9 Å². The molecule has 13 heavy (non-hydrogen) atoms. The van der Waals surface area contributed by atoms with E-state index in [1.807, 2.05) is 0 Å². The zero-order chi connectivity index (χ0) is 7.28. The zero-order valence-electron chi connectivity index (χ0n) is 4.53. The molecule has 0 aliphatic carbocycles. The van der Waals surface area contributed by atoms with E-state index in [0.29, 0.717) is 0 Å². The fraction of sp³-hybridized carbons (Fsp3) is 0.500. The van der Waals surface area contributed by atoms with Crippen molar-refractivity contribution in [3.05, 3.63) is 0 Å². The van der Waals surface area contributed by atoms with Crippen molar-refractivity contribution in [3.63, 3.8) is 0 Å². The average Bonchev–Trinajstić information content (AvgIpc) is 1.82.